The van der Waals surface area contributed by atoms with Crippen molar-refractivity contribution in [2.45, 2.75) is 51.2 Å². The Morgan fingerprint density at radius 2 is 2.12 bits per heavy atom. The van der Waals surface area contributed by atoms with Crippen LogP contribution in [0.15, 0.2) is 17.5 Å². The van der Waals surface area contributed by atoms with Crippen molar-refractivity contribution >= 4 is 22.7 Å². The van der Waals surface area contributed by atoms with Crippen LogP contribution in [0.1, 0.15) is 39.7 Å². The molecule has 1 atom stereocenters. The highest BCUT2D eigenvalue weighted by molar-refractivity contribution is 7.11. The molecule has 0 aromatic carbocycles. The summed E-state index contributed by atoms with van der Waals surface area (Å²) in [5.41, 5.74) is 1.37. The number of aromatic nitrogens is 1. The number of aliphatic hydroxyl groups excluding tert-OH is 1. The molecular weight excluding hydrogens is 350 g/mol. The van der Waals surface area contributed by atoms with Gasteiger partial charge in [-0.1, -0.05) is 6.07 Å². The number of piperazine rings is 1. The van der Waals surface area contributed by atoms with E-state index in [1.54, 1.807) is 0 Å². The second kappa shape index (κ2) is 8.27. The molecule has 2 aromatic heterocycles. The van der Waals surface area contributed by atoms with E-state index in [4.69, 9.17) is 4.98 Å². The van der Waals surface area contributed by atoms with Crippen LogP contribution in [0, 0.1) is 0 Å². The van der Waals surface area contributed by atoms with E-state index in [1.165, 1.54) is 46.1 Å². The van der Waals surface area contributed by atoms with Gasteiger partial charge in [-0.25, -0.2) is 4.98 Å². The summed E-state index contributed by atoms with van der Waals surface area (Å²) in [6.45, 7) is 5.47. The number of hydrogen-bond acceptors (Lipinski definition) is 6. The van der Waals surface area contributed by atoms with Gasteiger partial charge in [0, 0.05) is 48.6 Å². The first-order valence-corrected chi connectivity index (χ1v) is 11.1. The minimum atomic E-state index is 0.269. The third-order valence-electron chi connectivity index (χ3n) is 5.34. The van der Waals surface area contributed by atoms with Gasteiger partial charge < -0.3 is 5.11 Å². The lowest BCUT2D eigenvalue weighted by Gasteiger charge is -2.41. The van der Waals surface area contributed by atoms with Gasteiger partial charge in [0.05, 0.1) is 12.2 Å². The van der Waals surface area contributed by atoms with Gasteiger partial charge in [0.1, 0.15) is 5.01 Å². The molecule has 6 heteroatoms. The first-order chi connectivity index (χ1) is 12.3. The van der Waals surface area contributed by atoms with Crippen molar-refractivity contribution in [2.75, 3.05) is 26.2 Å². The van der Waals surface area contributed by atoms with Gasteiger partial charge in [-0.15, -0.1) is 22.7 Å². The Labute approximate surface area is 158 Å². The molecule has 0 saturated carbocycles. The van der Waals surface area contributed by atoms with Crippen molar-refractivity contribution in [3.8, 4) is 0 Å². The number of aryl methyl sites for hydroxylation is 2. The fraction of sp³-hybridized carbons (Fsp3) is 0.632. The standard InChI is InChI=1S/C19H27N3OS2/c23-10-7-15-12-21(8-9-22(15)13-16-4-3-11-24-16)14-19-20-17-5-1-2-6-18(17)25-19/h3-4,11,15,23H,1-2,5-10,12-14H2. The van der Waals surface area contributed by atoms with Crippen molar-refractivity contribution in [3.05, 3.63) is 38.0 Å². The largest absolute Gasteiger partial charge is 0.396 e. The van der Waals surface area contributed by atoms with E-state index in [1.807, 2.05) is 22.7 Å². The van der Waals surface area contributed by atoms with Crippen LogP contribution in [0.2, 0.25) is 0 Å². The van der Waals surface area contributed by atoms with Crippen LogP contribution in [0.3, 0.4) is 0 Å². The number of fused-ring (bicyclic) bond motifs is 1. The van der Waals surface area contributed by atoms with E-state index >= 15 is 0 Å². The Morgan fingerprint density at radius 1 is 1.20 bits per heavy atom. The molecule has 1 aliphatic heterocycles. The first-order valence-electron chi connectivity index (χ1n) is 9.39. The topological polar surface area (TPSA) is 39.6 Å². The SMILES string of the molecule is OCCC1CN(Cc2nc3c(s2)CCCC3)CCN1Cc1cccs1. The normalized spacial score (nSPS) is 22.2. The summed E-state index contributed by atoms with van der Waals surface area (Å²) in [4.78, 5) is 12.9. The van der Waals surface area contributed by atoms with E-state index in [-0.39, 0.29) is 6.61 Å². The summed E-state index contributed by atoms with van der Waals surface area (Å²) in [7, 11) is 0. The van der Waals surface area contributed by atoms with Gasteiger partial charge >= 0.3 is 0 Å². The highest BCUT2D eigenvalue weighted by atomic mass is 32.1. The molecule has 1 unspecified atom stereocenters. The van der Waals surface area contributed by atoms with E-state index in [9.17, 15) is 5.11 Å². The van der Waals surface area contributed by atoms with E-state index < -0.39 is 0 Å². The van der Waals surface area contributed by atoms with Crippen molar-refractivity contribution in [3.63, 3.8) is 0 Å². The number of thiophene rings is 1. The zero-order valence-electron chi connectivity index (χ0n) is 14.7. The van der Waals surface area contributed by atoms with Crippen molar-refractivity contribution in [1.82, 2.24) is 14.8 Å². The number of nitrogens with zero attached hydrogens (tertiary/aromatic N) is 3. The second-order valence-electron chi connectivity index (χ2n) is 7.14. The Hall–Kier alpha value is -0.790. The average molecular weight is 378 g/mol. The quantitative estimate of drug-likeness (QED) is 0.839. The summed E-state index contributed by atoms with van der Waals surface area (Å²) < 4.78 is 0. The van der Waals surface area contributed by atoms with E-state index in [2.05, 4.69) is 27.3 Å². The van der Waals surface area contributed by atoms with E-state index in [0.29, 0.717) is 6.04 Å². The molecule has 1 saturated heterocycles. The summed E-state index contributed by atoms with van der Waals surface area (Å²) >= 11 is 3.76. The minimum absolute atomic E-state index is 0.269. The monoisotopic (exact) mass is 377 g/mol. The van der Waals surface area contributed by atoms with Crippen molar-refractivity contribution < 1.29 is 5.11 Å². The third-order valence-corrected chi connectivity index (χ3v) is 7.34. The predicted molar refractivity (Wildman–Crippen MR) is 104 cm³/mol. The molecule has 2 aliphatic rings. The molecule has 3 heterocycles. The van der Waals surface area contributed by atoms with Gasteiger partial charge in [0.25, 0.3) is 0 Å². The predicted octanol–water partition coefficient (Wildman–Crippen LogP) is 3.15. The summed E-state index contributed by atoms with van der Waals surface area (Å²) in [5.74, 6) is 0. The van der Waals surface area contributed by atoms with E-state index in [0.717, 1.165) is 39.1 Å². The zero-order chi connectivity index (χ0) is 17.1. The zero-order valence-corrected chi connectivity index (χ0v) is 16.3. The average Bonchev–Trinajstić information content (AvgIpc) is 3.26. The maximum atomic E-state index is 9.50. The van der Waals surface area contributed by atoms with Gasteiger partial charge in [-0.3, -0.25) is 9.80 Å². The highest BCUT2D eigenvalue weighted by Crippen LogP contribution is 2.28. The molecule has 0 radical (unpaired) electrons. The molecule has 4 rings (SSSR count). The smallest absolute Gasteiger partial charge is 0.107 e. The molecule has 136 valence electrons. The van der Waals surface area contributed by atoms with Gasteiger partial charge in [-0.05, 0) is 43.6 Å². The maximum absolute atomic E-state index is 9.50. The number of thiazole rings is 1. The molecule has 4 nitrogen and oxygen atoms in total. The minimum Gasteiger partial charge on any atom is -0.396 e. The van der Waals surface area contributed by atoms with Crippen LogP contribution >= 0.6 is 22.7 Å². The molecule has 25 heavy (non-hydrogen) atoms. The fourth-order valence-electron chi connectivity index (χ4n) is 4.00. The summed E-state index contributed by atoms with van der Waals surface area (Å²) in [6, 6.07) is 4.78. The lowest BCUT2D eigenvalue weighted by Crippen LogP contribution is -2.52. The van der Waals surface area contributed by atoms with Crippen LogP contribution in [-0.2, 0) is 25.9 Å². The molecule has 1 fully saturated rings. The first kappa shape index (κ1) is 17.6. The van der Waals surface area contributed by atoms with Crippen LogP contribution in [0.5, 0.6) is 0 Å². The van der Waals surface area contributed by atoms with Crippen LogP contribution in [0.25, 0.3) is 0 Å². The van der Waals surface area contributed by atoms with Crippen LogP contribution in [-0.4, -0.2) is 52.2 Å². The summed E-state index contributed by atoms with van der Waals surface area (Å²) in [5, 5.41) is 12.9. The van der Waals surface area contributed by atoms with Crippen molar-refractivity contribution in [1.29, 1.82) is 0 Å². The molecule has 2 aromatic rings. The molecule has 1 N–H and O–H groups in total. The van der Waals surface area contributed by atoms with Crippen molar-refractivity contribution in [2.24, 2.45) is 0 Å². The second-order valence-corrected chi connectivity index (χ2v) is 9.34. The third kappa shape index (κ3) is 4.31. The fourth-order valence-corrected chi connectivity index (χ4v) is 5.93. The summed E-state index contributed by atoms with van der Waals surface area (Å²) in [6.07, 6.45) is 5.89. The molecule has 0 bridgehead atoms. The molecule has 1 aliphatic carbocycles. The molecule has 0 amide bonds. The van der Waals surface area contributed by atoms with Gasteiger partial charge in [0.15, 0.2) is 0 Å². The molecule has 0 spiro atoms. The Bertz CT molecular complexity index is 647. The number of hydrogen-bond donors (Lipinski definition) is 1. The maximum Gasteiger partial charge on any atom is 0.107 e. The van der Waals surface area contributed by atoms with Crippen LogP contribution < -0.4 is 0 Å². The van der Waals surface area contributed by atoms with Gasteiger partial charge in [0.2, 0.25) is 0 Å². The number of rotatable bonds is 6. The lowest BCUT2D eigenvalue weighted by molar-refractivity contribution is 0.0506. The number of aliphatic hydroxyl groups is 1. The van der Waals surface area contributed by atoms with Crippen LogP contribution in [0.4, 0.5) is 0 Å². The highest BCUT2D eigenvalue weighted by Gasteiger charge is 2.27. The Morgan fingerprint density at radius 3 is 2.92 bits per heavy atom. The lowest BCUT2D eigenvalue weighted by atomic mass is 10.0. The molecular formula is C19H27N3OS2. The Balaban J connectivity index is 1.38. The Kier molecular flexibility index (Phi) is 5.83. The van der Waals surface area contributed by atoms with Gasteiger partial charge in [-0.2, -0.15) is 0 Å².